The number of rotatable bonds is 4. The Balaban J connectivity index is 0. The molecule has 0 radical (unpaired) electrons. The second kappa shape index (κ2) is 7.52. The molecule has 0 atom stereocenters. The molecule has 0 amide bonds. The van der Waals surface area contributed by atoms with E-state index in [1.54, 1.807) is 0 Å². The van der Waals surface area contributed by atoms with E-state index in [1.165, 1.54) is 0 Å². The van der Waals surface area contributed by atoms with Crippen LogP contribution in [0, 0.1) is 5.75 Å². The van der Waals surface area contributed by atoms with Gasteiger partial charge in [0.15, 0.2) is 0 Å². The molecule has 74 valence electrons. The summed E-state index contributed by atoms with van der Waals surface area (Å²) in [5, 5.41) is 16.5. The molecule has 0 saturated heterocycles. The summed E-state index contributed by atoms with van der Waals surface area (Å²) in [5.74, 6) is -0.369. The fraction of sp³-hybridized carbons (Fsp3) is 0.400. The molecule has 0 aromatic heterocycles. The van der Waals surface area contributed by atoms with E-state index >= 15 is 0 Å². The number of carbonyl (C=O) groups is 2. The van der Waals surface area contributed by atoms with Crippen LogP contribution in [-0.4, -0.2) is 45.6 Å². The van der Waals surface area contributed by atoms with Gasteiger partial charge < -0.3 is 5.48 Å². The summed E-state index contributed by atoms with van der Waals surface area (Å²) in [6.45, 7) is -1.05. The molecular formula is C5H8NO6P. The predicted octanol–water partition coefficient (Wildman–Crippen LogP) is -1.16. The molecule has 0 aromatic carbocycles. The minimum atomic E-state index is -1.20. The number of aliphatic carboxylic acids is 2. The molecule has 0 bridgehead atoms. The monoisotopic (exact) mass is 209 g/mol. The summed E-state index contributed by atoms with van der Waals surface area (Å²) in [6, 6.07) is 0. The third-order valence-electron chi connectivity index (χ3n) is 0.834. The van der Waals surface area contributed by atoms with Crippen molar-refractivity contribution < 1.29 is 29.8 Å². The molecule has 0 aliphatic carbocycles. The van der Waals surface area contributed by atoms with Crippen LogP contribution in [-0.2, 0) is 14.2 Å². The Kier molecular flexibility index (Phi) is 8.32. The van der Waals surface area contributed by atoms with Gasteiger partial charge in [0.25, 0.3) is 0 Å². The number of hydrogen-bond acceptors (Lipinski definition) is 4. The maximum absolute atomic E-state index is 10.1. The van der Waals surface area contributed by atoms with Gasteiger partial charge in [-0.2, -0.15) is 0 Å². The van der Waals surface area contributed by atoms with Crippen LogP contribution in [0.1, 0.15) is 0 Å². The SMILES string of the molecule is O.O=P#CN(CC(=O)O)CC(=O)O. The average molecular weight is 209 g/mol. The van der Waals surface area contributed by atoms with Crippen LogP contribution in [0.5, 0.6) is 0 Å². The molecule has 13 heavy (non-hydrogen) atoms. The second-order valence-corrected chi connectivity index (χ2v) is 2.22. The minimum absolute atomic E-state index is 0. The number of nitrogens with zero attached hydrogens (tertiary/aromatic N) is 1. The molecule has 0 unspecified atom stereocenters. The fourth-order valence-electron chi connectivity index (χ4n) is 0.511. The Bertz CT molecular complexity index is 266. The number of carboxylic acid groups (broad SMARTS) is 2. The van der Waals surface area contributed by atoms with Crippen molar-refractivity contribution in [3.63, 3.8) is 0 Å². The van der Waals surface area contributed by atoms with Crippen LogP contribution in [0.2, 0.25) is 0 Å². The van der Waals surface area contributed by atoms with E-state index in [1.807, 2.05) is 5.75 Å². The molecule has 0 fully saturated rings. The Morgan fingerprint density at radius 2 is 1.62 bits per heavy atom. The van der Waals surface area contributed by atoms with E-state index in [4.69, 9.17) is 10.2 Å². The first-order chi connectivity index (χ1) is 5.56. The molecular weight excluding hydrogens is 201 g/mol. The maximum atomic E-state index is 10.1. The zero-order chi connectivity index (χ0) is 9.56. The van der Waals surface area contributed by atoms with Gasteiger partial charge >= 0.3 is 68.0 Å². The van der Waals surface area contributed by atoms with Gasteiger partial charge in [0.05, 0.1) is 0 Å². The quantitative estimate of drug-likeness (QED) is 0.444. The third-order valence-corrected chi connectivity index (χ3v) is 1.20. The Labute approximate surface area is 74.4 Å². The molecule has 0 rings (SSSR count). The fourth-order valence-corrected chi connectivity index (χ4v) is 0.768. The van der Waals surface area contributed by atoms with Crippen molar-refractivity contribution in [2.45, 2.75) is 0 Å². The van der Waals surface area contributed by atoms with Crippen molar-refractivity contribution in [2.75, 3.05) is 13.1 Å². The Hall–Kier alpha value is -1.13. The standard InChI is InChI=1S/C5H6NO5P.H2O/c7-4(8)1-6(3-12-11)2-5(9)10;/h1-2H2,(H,7,8)(H,9,10);1H2. The first kappa shape index (κ1) is 14.4. The van der Waals surface area contributed by atoms with E-state index in [0.717, 1.165) is 4.90 Å². The zero-order valence-corrected chi connectivity index (χ0v) is 7.32. The van der Waals surface area contributed by atoms with Gasteiger partial charge in [0, 0.05) is 0 Å². The van der Waals surface area contributed by atoms with Crippen molar-refractivity contribution >= 4 is 19.9 Å². The summed E-state index contributed by atoms with van der Waals surface area (Å²) in [6.07, 6.45) is 0. The van der Waals surface area contributed by atoms with Crippen molar-refractivity contribution in [3.8, 4) is 5.75 Å². The first-order valence-corrected chi connectivity index (χ1v) is 3.64. The van der Waals surface area contributed by atoms with Gasteiger partial charge in [-0.25, -0.2) is 0 Å². The van der Waals surface area contributed by atoms with Crippen molar-refractivity contribution in [3.05, 3.63) is 0 Å². The van der Waals surface area contributed by atoms with Gasteiger partial charge in [0.2, 0.25) is 0 Å². The van der Waals surface area contributed by atoms with E-state index in [9.17, 15) is 14.2 Å². The van der Waals surface area contributed by atoms with Crippen molar-refractivity contribution in [2.24, 2.45) is 0 Å². The van der Waals surface area contributed by atoms with Gasteiger partial charge in [-0.3, -0.25) is 0 Å². The topological polar surface area (TPSA) is 126 Å². The molecule has 0 spiro atoms. The van der Waals surface area contributed by atoms with E-state index in [0.29, 0.717) is 0 Å². The van der Waals surface area contributed by atoms with Crippen LogP contribution in [0.15, 0.2) is 0 Å². The summed E-state index contributed by atoms with van der Waals surface area (Å²) in [7, 11) is -0.535. The molecule has 4 N–H and O–H groups in total. The van der Waals surface area contributed by atoms with Crippen LogP contribution in [0.4, 0.5) is 0 Å². The molecule has 0 aliphatic heterocycles. The van der Waals surface area contributed by atoms with Gasteiger partial charge in [-0.1, -0.05) is 0 Å². The van der Waals surface area contributed by atoms with Crippen LogP contribution in [0.3, 0.4) is 0 Å². The zero-order valence-electron chi connectivity index (χ0n) is 6.43. The number of carboxylic acids is 2. The molecule has 0 aliphatic rings. The van der Waals surface area contributed by atoms with Crippen molar-refractivity contribution in [1.82, 2.24) is 4.90 Å². The summed E-state index contributed by atoms with van der Waals surface area (Å²) in [4.78, 5) is 21.0. The Morgan fingerprint density at radius 3 is 1.85 bits per heavy atom. The molecule has 0 heterocycles. The summed E-state index contributed by atoms with van der Waals surface area (Å²) >= 11 is 0. The van der Waals surface area contributed by atoms with Crippen LogP contribution < -0.4 is 0 Å². The predicted molar refractivity (Wildman–Crippen MR) is 42.0 cm³/mol. The molecule has 8 heteroatoms. The molecule has 7 nitrogen and oxygen atoms in total. The van der Waals surface area contributed by atoms with Crippen molar-refractivity contribution in [1.29, 1.82) is 0 Å². The van der Waals surface area contributed by atoms with Gasteiger partial charge in [-0.05, 0) is 0 Å². The first-order valence-electron chi connectivity index (χ1n) is 2.82. The molecule has 0 aromatic rings. The molecule has 0 saturated carbocycles. The number of hydrogen-bond donors (Lipinski definition) is 2. The van der Waals surface area contributed by atoms with Gasteiger partial charge in [0.1, 0.15) is 0 Å². The normalized spacial score (nSPS) is 8.38. The van der Waals surface area contributed by atoms with E-state index in [-0.39, 0.29) is 5.48 Å². The Morgan fingerprint density at radius 1 is 1.23 bits per heavy atom. The van der Waals surface area contributed by atoms with Crippen LogP contribution >= 0.6 is 7.92 Å². The van der Waals surface area contributed by atoms with Gasteiger partial charge in [-0.15, -0.1) is 0 Å². The second-order valence-electron chi connectivity index (χ2n) is 1.83. The summed E-state index contributed by atoms with van der Waals surface area (Å²) in [5.41, 5.74) is 0. The van der Waals surface area contributed by atoms with Crippen LogP contribution in [0.25, 0.3) is 0 Å². The average Bonchev–Trinajstić information content (AvgIpc) is 1.84. The van der Waals surface area contributed by atoms with E-state index < -0.39 is 32.9 Å². The summed E-state index contributed by atoms with van der Waals surface area (Å²) < 4.78 is 9.94. The van der Waals surface area contributed by atoms with E-state index in [2.05, 4.69) is 0 Å². The third kappa shape index (κ3) is 8.78.